The highest BCUT2D eigenvalue weighted by Crippen LogP contribution is 2.26. The van der Waals surface area contributed by atoms with Gasteiger partial charge in [0.15, 0.2) is 5.82 Å². The Morgan fingerprint density at radius 2 is 2.24 bits per heavy atom. The molecule has 0 aliphatic carbocycles. The van der Waals surface area contributed by atoms with Gasteiger partial charge < -0.3 is 5.73 Å². The topological polar surface area (TPSA) is 67.6 Å². The van der Waals surface area contributed by atoms with Crippen LogP contribution in [0.3, 0.4) is 0 Å². The molecule has 1 heterocycles. The van der Waals surface area contributed by atoms with E-state index in [1.54, 1.807) is 6.07 Å². The summed E-state index contributed by atoms with van der Waals surface area (Å²) in [5.74, 6) is 1.06. The van der Waals surface area contributed by atoms with Crippen molar-refractivity contribution in [2.24, 2.45) is 5.73 Å². The van der Waals surface area contributed by atoms with E-state index in [2.05, 4.69) is 31.1 Å². The molecule has 0 saturated heterocycles. The van der Waals surface area contributed by atoms with Crippen molar-refractivity contribution < 1.29 is 4.39 Å². The Morgan fingerprint density at radius 1 is 1.41 bits per heavy atom. The fourth-order valence-electron chi connectivity index (χ4n) is 1.47. The van der Waals surface area contributed by atoms with Gasteiger partial charge in [-0.3, -0.25) is 5.10 Å². The van der Waals surface area contributed by atoms with Crippen LogP contribution < -0.4 is 5.73 Å². The SMILES string of the molecule is NCCCc1nc(-c2ccc(F)cc2Br)n[nH]1. The lowest BCUT2D eigenvalue weighted by molar-refractivity contribution is 0.627. The Balaban J connectivity index is 2.24. The molecule has 0 atom stereocenters. The smallest absolute Gasteiger partial charge is 0.182 e. The average molecular weight is 299 g/mol. The number of H-pyrrole nitrogens is 1. The van der Waals surface area contributed by atoms with Gasteiger partial charge in [-0.15, -0.1) is 0 Å². The molecule has 0 spiro atoms. The van der Waals surface area contributed by atoms with Crippen molar-refractivity contribution in [2.75, 3.05) is 6.54 Å². The second-order valence-corrected chi connectivity index (χ2v) is 4.48. The van der Waals surface area contributed by atoms with Gasteiger partial charge in [0.2, 0.25) is 0 Å². The average Bonchev–Trinajstić information content (AvgIpc) is 2.75. The first-order valence-electron chi connectivity index (χ1n) is 5.27. The maximum atomic E-state index is 12.9. The van der Waals surface area contributed by atoms with Crippen LogP contribution in [0.15, 0.2) is 22.7 Å². The van der Waals surface area contributed by atoms with Crippen molar-refractivity contribution in [2.45, 2.75) is 12.8 Å². The predicted molar refractivity (Wildman–Crippen MR) is 66.9 cm³/mol. The normalized spacial score (nSPS) is 10.8. The Hall–Kier alpha value is -1.27. The van der Waals surface area contributed by atoms with Gasteiger partial charge in [0.25, 0.3) is 0 Å². The van der Waals surface area contributed by atoms with Crippen molar-refractivity contribution in [3.63, 3.8) is 0 Å². The van der Waals surface area contributed by atoms with Crippen LogP contribution in [0.2, 0.25) is 0 Å². The van der Waals surface area contributed by atoms with E-state index in [9.17, 15) is 4.39 Å². The molecule has 0 bridgehead atoms. The molecular formula is C11H12BrFN4. The number of nitrogens with one attached hydrogen (secondary N) is 1. The van der Waals surface area contributed by atoms with E-state index in [-0.39, 0.29) is 5.82 Å². The van der Waals surface area contributed by atoms with Gasteiger partial charge in [-0.05, 0) is 47.1 Å². The molecule has 90 valence electrons. The number of benzene rings is 1. The van der Waals surface area contributed by atoms with Crippen LogP contribution in [-0.2, 0) is 6.42 Å². The second-order valence-electron chi connectivity index (χ2n) is 3.62. The molecule has 4 nitrogen and oxygen atoms in total. The molecule has 0 radical (unpaired) electrons. The summed E-state index contributed by atoms with van der Waals surface area (Å²) in [7, 11) is 0. The largest absolute Gasteiger partial charge is 0.330 e. The van der Waals surface area contributed by atoms with Crippen LogP contribution in [0, 0.1) is 5.82 Å². The van der Waals surface area contributed by atoms with Gasteiger partial charge in [-0.1, -0.05) is 0 Å². The molecule has 0 amide bonds. The molecule has 0 aliphatic heterocycles. The van der Waals surface area contributed by atoms with Crippen LogP contribution in [0.1, 0.15) is 12.2 Å². The molecule has 0 saturated carbocycles. The van der Waals surface area contributed by atoms with Gasteiger partial charge in [-0.25, -0.2) is 9.37 Å². The second kappa shape index (κ2) is 5.37. The van der Waals surface area contributed by atoms with Gasteiger partial charge in [0.1, 0.15) is 11.6 Å². The van der Waals surface area contributed by atoms with Crippen molar-refractivity contribution in [3.8, 4) is 11.4 Å². The fraction of sp³-hybridized carbons (Fsp3) is 0.273. The Morgan fingerprint density at radius 3 is 2.94 bits per heavy atom. The number of hydrogen-bond acceptors (Lipinski definition) is 3. The van der Waals surface area contributed by atoms with Crippen LogP contribution >= 0.6 is 15.9 Å². The van der Waals surface area contributed by atoms with Crippen LogP contribution in [0.5, 0.6) is 0 Å². The summed E-state index contributed by atoms with van der Waals surface area (Å²) in [6, 6.07) is 4.43. The minimum absolute atomic E-state index is 0.292. The minimum Gasteiger partial charge on any atom is -0.330 e. The number of rotatable bonds is 4. The zero-order valence-electron chi connectivity index (χ0n) is 9.08. The molecule has 0 fully saturated rings. The number of nitrogens with two attached hydrogens (primary N) is 1. The summed E-state index contributed by atoms with van der Waals surface area (Å²) >= 11 is 3.29. The molecule has 1 aromatic carbocycles. The highest BCUT2D eigenvalue weighted by Gasteiger charge is 2.09. The molecule has 3 N–H and O–H groups in total. The standard InChI is InChI=1S/C11H12BrFN4/c12-9-6-7(13)3-4-8(9)11-15-10(16-17-11)2-1-5-14/h3-4,6H,1-2,5,14H2,(H,15,16,17). The number of hydrogen-bond donors (Lipinski definition) is 2. The van der Waals surface area contributed by atoms with Gasteiger partial charge >= 0.3 is 0 Å². The van der Waals surface area contributed by atoms with Crippen molar-refractivity contribution in [3.05, 3.63) is 34.3 Å². The third-order valence-corrected chi connectivity index (χ3v) is 2.98. The summed E-state index contributed by atoms with van der Waals surface area (Å²) in [5, 5.41) is 6.95. The summed E-state index contributed by atoms with van der Waals surface area (Å²) in [4.78, 5) is 4.33. The monoisotopic (exact) mass is 298 g/mol. The Kier molecular flexibility index (Phi) is 3.86. The highest BCUT2D eigenvalue weighted by atomic mass is 79.9. The van der Waals surface area contributed by atoms with E-state index < -0.39 is 0 Å². The van der Waals surface area contributed by atoms with E-state index in [0.29, 0.717) is 16.8 Å². The number of aromatic amines is 1. The molecule has 6 heteroatoms. The van der Waals surface area contributed by atoms with Crippen LogP contribution in [-0.4, -0.2) is 21.7 Å². The molecule has 2 rings (SSSR count). The van der Waals surface area contributed by atoms with Crippen molar-refractivity contribution in [1.29, 1.82) is 0 Å². The first kappa shape index (κ1) is 12.2. The molecule has 2 aromatic rings. The van der Waals surface area contributed by atoms with E-state index in [1.165, 1.54) is 12.1 Å². The molecule has 17 heavy (non-hydrogen) atoms. The van der Waals surface area contributed by atoms with Crippen molar-refractivity contribution >= 4 is 15.9 Å². The lowest BCUT2D eigenvalue weighted by atomic mass is 10.2. The number of aromatic nitrogens is 3. The third kappa shape index (κ3) is 2.89. The summed E-state index contributed by atoms with van der Waals surface area (Å²) in [5.41, 5.74) is 6.19. The molecule has 0 unspecified atom stereocenters. The molecule has 1 aromatic heterocycles. The van der Waals surface area contributed by atoms with E-state index >= 15 is 0 Å². The summed E-state index contributed by atoms with van der Waals surface area (Å²) in [6.45, 7) is 0.621. The first-order valence-corrected chi connectivity index (χ1v) is 6.07. The summed E-state index contributed by atoms with van der Waals surface area (Å²) < 4.78 is 13.6. The summed E-state index contributed by atoms with van der Waals surface area (Å²) in [6.07, 6.45) is 1.63. The Labute approximate surface area is 107 Å². The van der Waals surface area contributed by atoms with Crippen LogP contribution in [0.25, 0.3) is 11.4 Å². The molecule has 0 aliphatic rings. The zero-order chi connectivity index (χ0) is 12.3. The quantitative estimate of drug-likeness (QED) is 0.910. The Bertz CT molecular complexity index is 512. The third-order valence-electron chi connectivity index (χ3n) is 2.32. The lowest BCUT2D eigenvalue weighted by Gasteiger charge is -1.98. The molecular weight excluding hydrogens is 287 g/mol. The van der Waals surface area contributed by atoms with Crippen molar-refractivity contribution in [1.82, 2.24) is 15.2 Å². The van der Waals surface area contributed by atoms with E-state index in [1.807, 2.05) is 0 Å². The maximum Gasteiger partial charge on any atom is 0.182 e. The van der Waals surface area contributed by atoms with Crippen LogP contribution in [0.4, 0.5) is 4.39 Å². The lowest BCUT2D eigenvalue weighted by Crippen LogP contribution is -2.01. The van der Waals surface area contributed by atoms with E-state index in [0.717, 1.165) is 24.2 Å². The maximum absolute atomic E-state index is 12.9. The number of aryl methyl sites for hydroxylation is 1. The first-order chi connectivity index (χ1) is 8.20. The fourth-order valence-corrected chi connectivity index (χ4v) is 2.00. The number of nitrogens with zero attached hydrogens (tertiary/aromatic N) is 2. The minimum atomic E-state index is -0.292. The van der Waals surface area contributed by atoms with Gasteiger partial charge in [-0.2, -0.15) is 5.10 Å². The van der Waals surface area contributed by atoms with Gasteiger partial charge in [0, 0.05) is 16.5 Å². The highest BCUT2D eigenvalue weighted by molar-refractivity contribution is 9.10. The number of halogens is 2. The van der Waals surface area contributed by atoms with E-state index in [4.69, 9.17) is 5.73 Å². The van der Waals surface area contributed by atoms with Gasteiger partial charge in [0.05, 0.1) is 0 Å². The predicted octanol–water partition coefficient (Wildman–Crippen LogP) is 2.26. The zero-order valence-corrected chi connectivity index (χ0v) is 10.7.